The van der Waals surface area contributed by atoms with Crippen LogP contribution in [0.4, 0.5) is 0 Å². The zero-order valence-corrected chi connectivity index (χ0v) is 10.7. The second-order valence-corrected chi connectivity index (χ2v) is 4.95. The summed E-state index contributed by atoms with van der Waals surface area (Å²) in [4.78, 5) is 19.1. The van der Waals surface area contributed by atoms with Crippen LogP contribution in [-0.2, 0) is 4.79 Å². The van der Waals surface area contributed by atoms with E-state index in [0.29, 0.717) is 29.4 Å². The van der Waals surface area contributed by atoms with Crippen LogP contribution >= 0.6 is 11.6 Å². The van der Waals surface area contributed by atoms with Crippen LogP contribution in [0.5, 0.6) is 5.88 Å². The molecule has 0 radical (unpaired) electrons. The quantitative estimate of drug-likeness (QED) is 0.874. The Hall–Kier alpha value is -1.88. The van der Waals surface area contributed by atoms with Gasteiger partial charge in [-0.2, -0.15) is 0 Å². The van der Waals surface area contributed by atoms with E-state index in [4.69, 9.17) is 21.4 Å². The van der Waals surface area contributed by atoms with Gasteiger partial charge < -0.3 is 9.84 Å². The Labute approximate surface area is 114 Å². The standard InChI is InChI=1S/C13H11ClN2O3/c14-11-6-10-9(2-1-3-15-10)12(16-11)19-8-4-7(5-8)13(17)18/h1-3,6-8H,4-5H2,(H,17,18)/t7-,8+. The summed E-state index contributed by atoms with van der Waals surface area (Å²) in [5.41, 5.74) is 0.714. The Morgan fingerprint density at radius 1 is 1.47 bits per heavy atom. The third-order valence-corrected chi connectivity index (χ3v) is 3.45. The molecule has 0 saturated heterocycles. The Bertz CT molecular complexity index is 641. The van der Waals surface area contributed by atoms with Crippen molar-refractivity contribution in [1.29, 1.82) is 0 Å². The minimum Gasteiger partial charge on any atom is -0.481 e. The van der Waals surface area contributed by atoms with Crippen molar-refractivity contribution in [2.75, 3.05) is 0 Å². The summed E-state index contributed by atoms with van der Waals surface area (Å²) in [5.74, 6) is -0.663. The van der Waals surface area contributed by atoms with Gasteiger partial charge in [-0.05, 0) is 25.0 Å². The summed E-state index contributed by atoms with van der Waals surface area (Å²) >= 11 is 5.92. The molecule has 19 heavy (non-hydrogen) atoms. The van der Waals surface area contributed by atoms with Crippen LogP contribution in [0, 0.1) is 5.92 Å². The fourth-order valence-corrected chi connectivity index (χ4v) is 2.31. The van der Waals surface area contributed by atoms with Gasteiger partial charge in [0.2, 0.25) is 5.88 Å². The van der Waals surface area contributed by atoms with Crippen molar-refractivity contribution in [3.05, 3.63) is 29.5 Å². The molecule has 2 aromatic rings. The van der Waals surface area contributed by atoms with Crippen LogP contribution in [-0.4, -0.2) is 27.1 Å². The van der Waals surface area contributed by atoms with E-state index < -0.39 is 5.97 Å². The van der Waals surface area contributed by atoms with Gasteiger partial charge in [-0.15, -0.1) is 0 Å². The summed E-state index contributed by atoms with van der Waals surface area (Å²) in [6.07, 6.45) is 2.57. The largest absolute Gasteiger partial charge is 0.481 e. The Kier molecular flexibility index (Phi) is 2.98. The molecule has 0 aromatic carbocycles. The third kappa shape index (κ3) is 2.33. The van der Waals surface area contributed by atoms with E-state index in [1.54, 1.807) is 18.3 Å². The number of carbonyl (C=O) groups is 1. The highest BCUT2D eigenvalue weighted by molar-refractivity contribution is 6.30. The second-order valence-electron chi connectivity index (χ2n) is 4.57. The SMILES string of the molecule is O=C(O)[C@H]1C[C@@H](Oc2nc(Cl)cc3ncccc23)C1. The Balaban J connectivity index is 1.83. The number of aromatic nitrogens is 2. The Morgan fingerprint density at radius 3 is 3.00 bits per heavy atom. The predicted octanol–water partition coefficient (Wildman–Crippen LogP) is 2.53. The van der Waals surface area contributed by atoms with Crippen molar-refractivity contribution in [2.24, 2.45) is 5.92 Å². The lowest BCUT2D eigenvalue weighted by Gasteiger charge is -2.32. The molecule has 5 nitrogen and oxygen atoms in total. The number of nitrogens with zero attached hydrogens (tertiary/aromatic N) is 2. The van der Waals surface area contributed by atoms with Crippen molar-refractivity contribution in [3.63, 3.8) is 0 Å². The van der Waals surface area contributed by atoms with Gasteiger partial charge in [0.15, 0.2) is 0 Å². The molecule has 1 N–H and O–H groups in total. The monoisotopic (exact) mass is 278 g/mol. The van der Waals surface area contributed by atoms with E-state index in [9.17, 15) is 4.79 Å². The average molecular weight is 279 g/mol. The highest BCUT2D eigenvalue weighted by Crippen LogP contribution is 2.33. The van der Waals surface area contributed by atoms with Crippen LogP contribution in [0.2, 0.25) is 5.15 Å². The van der Waals surface area contributed by atoms with Gasteiger partial charge in [0.25, 0.3) is 0 Å². The molecule has 0 unspecified atom stereocenters. The fourth-order valence-electron chi connectivity index (χ4n) is 2.13. The highest BCUT2D eigenvalue weighted by Gasteiger charge is 2.36. The molecule has 6 heteroatoms. The van der Waals surface area contributed by atoms with Crippen LogP contribution in [0.25, 0.3) is 10.9 Å². The number of carboxylic acids is 1. The van der Waals surface area contributed by atoms with Crippen molar-refractivity contribution in [3.8, 4) is 5.88 Å². The minimum absolute atomic E-state index is 0.115. The molecule has 1 aliphatic rings. The molecule has 2 aromatic heterocycles. The normalized spacial score (nSPS) is 21.9. The minimum atomic E-state index is -0.773. The van der Waals surface area contributed by atoms with Gasteiger partial charge in [0.05, 0.1) is 16.8 Å². The molecular formula is C13H11ClN2O3. The second kappa shape index (κ2) is 4.66. The van der Waals surface area contributed by atoms with Crippen molar-refractivity contribution in [2.45, 2.75) is 18.9 Å². The molecule has 1 saturated carbocycles. The number of fused-ring (bicyclic) bond motifs is 1. The van der Waals surface area contributed by atoms with E-state index >= 15 is 0 Å². The Morgan fingerprint density at radius 2 is 2.26 bits per heavy atom. The molecule has 0 atom stereocenters. The van der Waals surface area contributed by atoms with Gasteiger partial charge >= 0.3 is 5.97 Å². The number of pyridine rings is 2. The lowest BCUT2D eigenvalue weighted by molar-refractivity contribution is -0.148. The smallest absolute Gasteiger partial charge is 0.306 e. The summed E-state index contributed by atoms with van der Waals surface area (Å²) in [5, 5.41) is 9.93. The van der Waals surface area contributed by atoms with Crippen molar-refractivity contribution in [1.82, 2.24) is 9.97 Å². The number of rotatable bonds is 3. The molecular weight excluding hydrogens is 268 g/mol. The first-order valence-electron chi connectivity index (χ1n) is 5.94. The van der Waals surface area contributed by atoms with Crippen LogP contribution in [0.3, 0.4) is 0 Å². The van der Waals surface area contributed by atoms with Crippen LogP contribution in [0.15, 0.2) is 24.4 Å². The van der Waals surface area contributed by atoms with Crippen LogP contribution in [0.1, 0.15) is 12.8 Å². The maximum Gasteiger partial charge on any atom is 0.306 e. The number of hydrogen-bond acceptors (Lipinski definition) is 4. The molecule has 0 amide bonds. The predicted molar refractivity (Wildman–Crippen MR) is 69.3 cm³/mol. The number of hydrogen-bond donors (Lipinski definition) is 1. The van der Waals surface area contributed by atoms with Gasteiger partial charge in [-0.25, -0.2) is 4.98 Å². The van der Waals surface area contributed by atoms with E-state index in [1.807, 2.05) is 6.07 Å². The number of ether oxygens (including phenoxy) is 1. The summed E-state index contributed by atoms with van der Waals surface area (Å²) in [6, 6.07) is 5.32. The van der Waals surface area contributed by atoms with Gasteiger partial charge in [-0.1, -0.05) is 11.6 Å². The molecule has 98 valence electrons. The summed E-state index contributed by atoms with van der Waals surface area (Å²) < 4.78 is 5.73. The first kappa shape index (κ1) is 12.2. The van der Waals surface area contributed by atoms with E-state index in [0.717, 1.165) is 5.39 Å². The number of carboxylic acid groups (broad SMARTS) is 1. The lowest BCUT2D eigenvalue weighted by atomic mass is 9.82. The molecule has 1 fully saturated rings. The number of aliphatic carboxylic acids is 1. The summed E-state index contributed by atoms with van der Waals surface area (Å²) in [6.45, 7) is 0. The van der Waals surface area contributed by atoms with Gasteiger partial charge in [0.1, 0.15) is 11.3 Å². The fraction of sp³-hybridized carbons (Fsp3) is 0.308. The molecule has 3 rings (SSSR count). The average Bonchev–Trinajstić information content (AvgIpc) is 2.32. The molecule has 0 aliphatic heterocycles. The first-order chi connectivity index (χ1) is 9.13. The van der Waals surface area contributed by atoms with Crippen molar-refractivity contribution >= 4 is 28.5 Å². The molecule has 1 aliphatic carbocycles. The zero-order chi connectivity index (χ0) is 13.4. The highest BCUT2D eigenvalue weighted by atomic mass is 35.5. The van der Waals surface area contributed by atoms with Crippen molar-refractivity contribution < 1.29 is 14.6 Å². The zero-order valence-electron chi connectivity index (χ0n) is 9.91. The van der Waals surface area contributed by atoms with E-state index in [2.05, 4.69) is 9.97 Å². The van der Waals surface area contributed by atoms with Crippen LogP contribution < -0.4 is 4.74 Å². The van der Waals surface area contributed by atoms with E-state index in [-0.39, 0.29) is 12.0 Å². The maximum absolute atomic E-state index is 10.7. The van der Waals surface area contributed by atoms with E-state index in [1.165, 1.54) is 0 Å². The topological polar surface area (TPSA) is 72.3 Å². The molecule has 0 spiro atoms. The van der Waals surface area contributed by atoms with Gasteiger partial charge in [-0.3, -0.25) is 9.78 Å². The lowest BCUT2D eigenvalue weighted by Crippen LogP contribution is -2.38. The maximum atomic E-state index is 10.7. The molecule has 2 heterocycles. The summed E-state index contributed by atoms with van der Waals surface area (Å²) in [7, 11) is 0. The first-order valence-corrected chi connectivity index (χ1v) is 6.32. The molecule has 0 bridgehead atoms. The van der Waals surface area contributed by atoms with Gasteiger partial charge in [0, 0.05) is 12.3 Å². The third-order valence-electron chi connectivity index (χ3n) is 3.26. The number of halogens is 1.